The van der Waals surface area contributed by atoms with E-state index < -0.39 is 11.8 Å². The molecule has 0 bridgehead atoms. The van der Waals surface area contributed by atoms with Gasteiger partial charge in [0.05, 0.1) is 6.61 Å². The first-order valence-electron chi connectivity index (χ1n) is 10.7. The third kappa shape index (κ3) is 6.32. The second kappa shape index (κ2) is 10.8. The van der Waals surface area contributed by atoms with E-state index in [1.807, 2.05) is 25.1 Å². The highest BCUT2D eigenvalue weighted by molar-refractivity contribution is 6.39. The van der Waals surface area contributed by atoms with Gasteiger partial charge in [-0.2, -0.15) is 0 Å². The van der Waals surface area contributed by atoms with Gasteiger partial charge in [0, 0.05) is 25.3 Å². The first kappa shape index (κ1) is 21.8. The van der Waals surface area contributed by atoms with Crippen molar-refractivity contribution in [1.29, 1.82) is 0 Å². The molecule has 30 heavy (non-hydrogen) atoms. The van der Waals surface area contributed by atoms with Crippen molar-refractivity contribution >= 4 is 17.5 Å². The number of nitrogens with one attached hydrogen (secondary N) is 2. The Hall–Kier alpha value is -2.86. The van der Waals surface area contributed by atoms with E-state index in [4.69, 9.17) is 4.74 Å². The van der Waals surface area contributed by atoms with Crippen molar-refractivity contribution in [2.24, 2.45) is 5.92 Å². The molecule has 2 aromatic rings. The smallest absolute Gasteiger partial charge is 0.313 e. The number of amides is 2. The summed E-state index contributed by atoms with van der Waals surface area (Å²) in [5.41, 5.74) is 2.79. The van der Waals surface area contributed by atoms with Crippen molar-refractivity contribution in [2.75, 3.05) is 25.0 Å². The molecule has 1 aliphatic heterocycles. The maximum atomic E-state index is 12.3. The molecular weight excluding hydrogens is 378 g/mol. The van der Waals surface area contributed by atoms with Crippen LogP contribution in [0.15, 0.2) is 48.5 Å². The molecule has 1 fully saturated rings. The molecule has 1 heterocycles. The number of benzene rings is 2. The van der Waals surface area contributed by atoms with Crippen LogP contribution >= 0.6 is 0 Å². The zero-order valence-electron chi connectivity index (χ0n) is 17.8. The lowest BCUT2D eigenvalue weighted by Gasteiger charge is -2.31. The van der Waals surface area contributed by atoms with Crippen molar-refractivity contribution in [2.45, 2.75) is 39.8 Å². The number of piperidine rings is 1. The molecule has 1 atom stereocenters. The minimum atomic E-state index is -0.679. The first-order chi connectivity index (χ1) is 14.5. The normalized spacial score (nSPS) is 16.7. The molecule has 0 radical (unpaired) electrons. The molecule has 1 aliphatic rings. The number of ether oxygens (including phenoxy) is 1. The largest absolute Gasteiger partial charge is 0.494 e. The summed E-state index contributed by atoms with van der Waals surface area (Å²) < 4.78 is 5.38. The maximum absolute atomic E-state index is 12.3. The van der Waals surface area contributed by atoms with Crippen molar-refractivity contribution in [3.63, 3.8) is 0 Å². The fourth-order valence-corrected chi connectivity index (χ4v) is 3.80. The molecule has 6 nitrogen and oxygen atoms in total. The van der Waals surface area contributed by atoms with Crippen molar-refractivity contribution in [1.82, 2.24) is 10.2 Å². The van der Waals surface area contributed by atoms with Crippen LogP contribution in [0.3, 0.4) is 0 Å². The van der Waals surface area contributed by atoms with Gasteiger partial charge in [-0.3, -0.25) is 14.5 Å². The minimum Gasteiger partial charge on any atom is -0.494 e. The number of hydrogen-bond donors (Lipinski definition) is 2. The molecule has 1 saturated heterocycles. The van der Waals surface area contributed by atoms with Gasteiger partial charge in [0.15, 0.2) is 0 Å². The van der Waals surface area contributed by atoms with Crippen LogP contribution in [0, 0.1) is 5.92 Å². The molecule has 0 aromatic heterocycles. The third-order valence-corrected chi connectivity index (χ3v) is 5.32. The van der Waals surface area contributed by atoms with Gasteiger partial charge in [0.1, 0.15) is 5.75 Å². The summed E-state index contributed by atoms with van der Waals surface area (Å²) in [6, 6.07) is 15.0. The molecule has 0 saturated carbocycles. The van der Waals surface area contributed by atoms with Gasteiger partial charge in [-0.05, 0) is 67.6 Å². The Balaban J connectivity index is 1.53. The van der Waals surface area contributed by atoms with Gasteiger partial charge in [-0.1, -0.05) is 31.2 Å². The highest BCUT2D eigenvalue weighted by Gasteiger charge is 2.18. The number of likely N-dealkylation sites (tertiary alicyclic amines) is 1. The Bertz CT molecular complexity index is 851. The summed E-state index contributed by atoms with van der Waals surface area (Å²) in [6.07, 6.45) is 2.52. The summed E-state index contributed by atoms with van der Waals surface area (Å²) in [5, 5.41) is 5.36. The fourth-order valence-electron chi connectivity index (χ4n) is 3.80. The van der Waals surface area contributed by atoms with Crippen molar-refractivity contribution < 1.29 is 14.3 Å². The second-order valence-corrected chi connectivity index (χ2v) is 7.85. The van der Waals surface area contributed by atoms with Gasteiger partial charge in [-0.15, -0.1) is 0 Å². The fraction of sp³-hybridized carbons (Fsp3) is 0.417. The number of anilines is 1. The van der Waals surface area contributed by atoms with E-state index in [0.29, 0.717) is 18.8 Å². The molecule has 6 heteroatoms. The first-order valence-corrected chi connectivity index (χ1v) is 10.7. The molecule has 0 spiro atoms. The van der Waals surface area contributed by atoms with Crippen LogP contribution < -0.4 is 15.4 Å². The SMILES string of the molecule is CCOc1ccc(NC(=O)C(=O)NCc2ccccc2CN2CCCC(C)C2)cc1. The van der Waals surface area contributed by atoms with Crippen molar-refractivity contribution in [3.05, 3.63) is 59.7 Å². The summed E-state index contributed by atoms with van der Waals surface area (Å²) in [7, 11) is 0. The van der Waals surface area contributed by atoms with Crippen LogP contribution in [-0.4, -0.2) is 36.4 Å². The van der Waals surface area contributed by atoms with E-state index in [2.05, 4.69) is 28.5 Å². The summed E-state index contributed by atoms with van der Waals surface area (Å²) in [4.78, 5) is 27.0. The van der Waals surface area contributed by atoms with Crippen LogP contribution in [0.4, 0.5) is 5.69 Å². The average molecular weight is 410 g/mol. The monoisotopic (exact) mass is 409 g/mol. The number of rotatable bonds is 7. The van der Waals surface area contributed by atoms with Crippen LogP contribution in [0.1, 0.15) is 37.8 Å². The van der Waals surface area contributed by atoms with Crippen molar-refractivity contribution in [3.8, 4) is 5.75 Å². The molecule has 2 aromatic carbocycles. The Labute approximate surface area is 178 Å². The van der Waals surface area contributed by atoms with E-state index in [9.17, 15) is 9.59 Å². The number of carbonyl (C=O) groups excluding carboxylic acids is 2. The van der Waals surface area contributed by atoms with Gasteiger partial charge in [0.2, 0.25) is 0 Å². The third-order valence-electron chi connectivity index (χ3n) is 5.32. The highest BCUT2D eigenvalue weighted by atomic mass is 16.5. The van der Waals surface area contributed by atoms with E-state index in [-0.39, 0.29) is 0 Å². The zero-order chi connectivity index (χ0) is 21.3. The highest BCUT2D eigenvalue weighted by Crippen LogP contribution is 2.19. The quantitative estimate of drug-likeness (QED) is 0.686. The Morgan fingerprint density at radius 2 is 1.80 bits per heavy atom. The molecule has 160 valence electrons. The van der Waals surface area contributed by atoms with Gasteiger partial charge in [-0.25, -0.2) is 0 Å². The topological polar surface area (TPSA) is 70.7 Å². The van der Waals surface area contributed by atoms with Crippen LogP contribution in [0.5, 0.6) is 5.75 Å². The predicted octanol–water partition coefficient (Wildman–Crippen LogP) is 3.57. The zero-order valence-corrected chi connectivity index (χ0v) is 17.8. The lowest BCUT2D eigenvalue weighted by Crippen LogP contribution is -2.36. The van der Waals surface area contributed by atoms with Gasteiger partial charge >= 0.3 is 11.8 Å². The molecule has 3 rings (SSSR count). The molecule has 0 aliphatic carbocycles. The van der Waals surface area contributed by atoms with E-state index >= 15 is 0 Å². The molecule has 2 N–H and O–H groups in total. The minimum absolute atomic E-state index is 0.328. The van der Waals surface area contributed by atoms with Crippen LogP contribution in [-0.2, 0) is 22.7 Å². The molecular formula is C24H31N3O3. The van der Waals surface area contributed by atoms with Crippen LogP contribution in [0.25, 0.3) is 0 Å². The van der Waals surface area contributed by atoms with E-state index in [0.717, 1.165) is 36.9 Å². The molecule has 1 unspecified atom stereocenters. The second-order valence-electron chi connectivity index (χ2n) is 7.85. The molecule has 2 amide bonds. The lowest BCUT2D eigenvalue weighted by molar-refractivity contribution is -0.136. The Kier molecular flexibility index (Phi) is 7.85. The predicted molar refractivity (Wildman–Crippen MR) is 118 cm³/mol. The maximum Gasteiger partial charge on any atom is 0.313 e. The number of nitrogens with zero attached hydrogens (tertiary/aromatic N) is 1. The van der Waals surface area contributed by atoms with E-state index in [1.165, 1.54) is 18.4 Å². The average Bonchev–Trinajstić information content (AvgIpc) is 2.74. The standard InChI is InChI=1S/C24H31N3O3/c1-3-30-22-12-10-21(11-13-22)26-24(29)23(28)25-15-19-8-4-5-9-20(19)17-27-14-6-7-18(2)16-27/h4-5,8-13,18H,3,6-7,14-17H2,1-2H3,(H,25,28)(H,26,29). The van der Waals surface area contributed by atoms with Crippen LogP contribution in [0.2, 0.25) is 0 Å². The summed E-state index contributed by atoms with van der Waals surface area (Å²) in [5.74, 6) is 0.114. The van der Waals surface area contributed by atoms with Gasteiger partial charge < -0.3 is 15.4 Å². The Morgan fingerprint density at radius 1 is 1.07 bits per heavy atom. The number of hydrogen-bond acceptors (Lipinski definition) is 4. The van der Waals surface area contributed by atoms with Gasteiger partial charge in [0.25, 0.3) is 0 Å². The summed E-state index contributed by atoms with van der Waals surface area (Å²) >= 11 is 0. The number of carbonyl (C=O) groups is 2. The Morgan fingerprint density at radius 3 is 2.50 bits per heavy atom. The lowest BCUT2D eigenvalue weighted by atomic mass is 9.99. The van der Waals surface area contributed by atoms with E-state index in [1.54, 1.807) is 24.3 Å². The summed E-state index contributed by atoms with van der Waals surface area (Å²) in [6.45, 7) is 8.18.